The van der Waals surface area contributed by atoms with Crippen LogP contribution in [0.2, 0.25) is 0 Å². The molecule has 1 saturated heterocycles. The molecule has 0 radical (unpaired) electrons. The minimum atomic E-state index is -0.963. The quantitative estimate of drug-likeness (QED) is 0.840. The molecule has 6 heteroatoms. The van der Waals surface area contributed by atoms with E-state index < -0.39 is 5.97 Å². The minimum Gasteiger partial charge on any atom is -0.478 e. The van der Waals surface area contributed by atoms with Crippen LogP contribution in [-0.4, -0.2) is 60.4 Å². The van der Waals surface area contributed by atoms with Crippen LogP contribution in [0.4, 0.5) is 5.82 Å². The Hall–Kier alpha value is -1.66. The Morgan fingerprint density at radius 2 is 2.47 bits per heavy atom. The average molecular weight is 265 g/mol. The maximum atomic E-state index is 11.2. The standard InChI is InChI=1S/C13H19N3O3/c1-9-3-4-14-12(11(9)13(17)18)15-7-10-8-16(2)5-6-19-10/h3-4,10H,5-8H2,1-2H3,(H,14,15)(H,17,18). The van der Waals surface area contributed by atoms with Crippen molar-refractivity contribution in [1.29, 1.82) is 0 Å². The molecule has 1 aromatic rings. The molecule has 1 unspecified atom stereocenters. The van der Waals surface area contributed by atoms with Crippen LogP contribution in [-0.2, 0) is 4.74 Å². The Labute approximate surface area is 112 Å². The summed E-state index contributed by atoms with van der Waals surface area (Å²) in [6.07, 6.45) is 1.67. The van der Waals surface area contributed by atoms with Gasteiger partial charge >= 0.3 is 5.97 Å². The van der Waals surface area contributed by atoms with Crippen molar-refractivity contribution in [3.8, 4) is 0 Å². The molecule has 1 aromatic heterocycles. The number of carbonyl (C=O) groups is 1. The fourth-order valence-corrected chi connectivity index (χ4v) is 2.16. The van der Waals surface area contributed by atoms with Crippen LogP contribution in [0.25, 0.3) is 0 Å². The van der Waals surface area contributed by atoms with E-state index in [2.05, 4.69) is 15.2 Å². The number of aryl methyl sites for hydroxylation is 1. The molecule has 2 heterocycles. The highest BCUT2D eigenvalue weighted by molar-refractivity contribution is 5.94. The van der Waals surface area contributed by atoms with Gasteiger partial charge in [0.1, 0.15) is 11.4 Å². The molecule has 19 heavy (non-hydrogen) atoms. The van der Waals surface area contributed by atoms with Crippen LogP contribution in [0.3, 0.4) is 0 Å². The van der Waals surface area contributed by atoms with E-state index >= 15 is 0 Å². The molecular formula is C13H19N3O3. The molecule has 1 fully saturated rings. The summed E-state index contributed by atoms with van der Waals surface area (Å²) in [6, 6.07) is 1.69. The van der Waals surface area contributed by atoms with Crippen molar-refractivity contribution in [2.45, 2.75) is 13.0 Å². The lowest BCUT2D eigenvalue weighted by Gasteiger charge is -2.30. The Morgan fingerprint density at radius 3 is 3.16 bits per heavy atom. The number of morpholine rings is 1. The van der Waals surface area contributed by atoms with Gasteiger partial charge in [0.2, 0.25) is 0 Å². The van der Waals surface area contributed by atoms with E-state index in [1.54, 1.807) is 19.2 Å². The number of nitrogens with zero attached hydrogens (tertiary/aromatic N) is 2. The second-order valence-electron chi connectivity index (χ2n) is 4.79. The van der Waals surface area contributed by atoms with E-state index in [0.717, 1.165) is 13.1 Å². The number of carboxylic acid groups (broad SMARTS) is 1. The van der Waals surface area contributed by atoms with Gasteiger partial charge in [0.05, 0.1) is 12.7 Å². The highest BCUT2D eigenvalue weighted by Crippen LogP contribution is 2.17. The fraction of sp³-hybridized carbons (Fsp3) is 0.538. The smallest absolute Gasteiger partial charge is 0.339 e. The Bertz CT molecular complexity index is 464. The molecule has 0 saturated carbocycles. The summed E-state index contributed by atoms with van der Waals surface area (Å²) in [5.74, 6) is -0.556. The number of hydrogen-bond donors (Lipinski definition) is 2. The number of aromatic nitrogens is 1. The summed E-state index contributed by atoms with van der Waals surface area (Å²) in [6.45, 7) is 4.79. The van der Waals surface area contributed by atoms with Gasteiger partial charge in [-0.1, -0.05) is 0 Å². The number of nitrogens with one attached hydrogen (secondary N) is 1. The summed E-state index contributed by atoms with van der Waals surface area (Å²) in [4.78, 5) is 17.5. The summed E-state index contributed by atoms with van der Waals surface area (Å²) < 4.78 is 5.62. The Kier molecular flexibility index (Phi) is 4.34. The van der Waals surface area contributed by atoms with Gasteiger partial charge in [0.25, 0.3) is 0 Å². The van der Waals surface area contributed by atoms with Crippen molar-refractivity contribution in [3.05, 3.63) is 23.4 Å². The predicted octanol–water partition coefficient (Wildman–Crippen LogP) is 0.831. The number of pyridine rings is 1. The first-order valence-electron chi connectivity index (χ1n) is 6.31. The first kappa shape index (κ1) is 13.8. The second-order valence-corrected chi connectivity index (χ2v) is 4.79. The van der Waals surface area contributed by atoms with Crippen molar-refractivity contribution in [2.75, 3.05) is 38.6 Å². The summed E-state index contributed by atoms with van der Waals surface area (Å²) in [7, 11) is 2.04. The number of hydrogen-bond acceptors (Lipinski definition) is 5. The average Bonchev–Trinajstić information content (AvgIpc) is 2.36. The van der Waals surface area contributed by atoms with E-state index in [1.807, 2.05) is 7.05 Å². The van der Waals surface area contributed by atoms with Gasteiger partial charge in [-0.25, -0.2) is 9.78 Å². The summed E-state index contributed by atoms with van der Waals surface area (Å²) in [5.41, 5.74) is 0.929. The first-order valence-corrected chi connectivity index (χ1v) is 6.31. The maximum absolute atomic E-state index is 11.2. The minimum absolute atomic E-state index is 0.0581. The lowest BCUT2D eigenvalue weighted by atomic mass is 10.1. The topological polar surface area (TPSA) is 74.7 Å². The molecule has 0 aliphatic carbocycles. The van der Waals surface area contributed by atoms with Crippen LogP contribution in [0.5, 0.6) is 0 Å². The molecule has 1 aliphatic rings. The molecule has 0 amide bonds. The number of ether oxygens (including phenoxy) is 1. The van der Waals surface area contributed by atoms with Gasteiger partial charge in [0.15, 0.2) is 0 Å². The summed E-state index contributed by atoms with van der Waals surface area (Å²) >= 11 is 0. The van der Waals surface area contributed by atoms with Crippen LogP contribution in [0, 0.1) is 6.92 Å². The number of likely N-dealkylation sites (N-methyl/N-ethyl adjacent to an activating group) is 1. The molecular weight excluding hydrogens is 246 g/mol. The van der Waals surface area contributed by atoms with Gasteiger partial charge in [-0.3, -0.25) is 0 Å². The summed E-state index contributed by atoms with van der Waals surface area (Å²) in [5, 5.41) is 12.3. The van der Waals surface area contributed by atoms with Crippen molar-refractivity contribution >= 4 is 11.8 Å². The highest BCUT2D eigenvalue weighted by Gasteiger charge is 2.19. The SMILES string of the molecule is Cc1ccnc(NCC2CN(C)CCO2)c1C(=O)O. The molecule has 6 nitrogen and oxygen atoms in total. The number of anilines is 1. The second kappa shape index (κ2) is 5.99. The van der Waals surface area contributed by atoms with Crippen LogP contribution < -0.4 is 5.32 Å². The van der Waals surface area contributed by atoms with E-state index in [-0.39, 0.29) is 11.7 Å². The van der Waals surface area contributed by atoms with Crippen molar-refractivity contribution in [1.82, 2.24) is 9.88 Å². The molecule has 2 rings (SSSR count). The third-order valence-electron chi connectivity index (χ3n) is 3.21. The first-order chi connectivity index (χ1) is 9.08. The monoisotopic (exact) mass is 265 g/mol. The number of carboxylic acids is 1. The van der Waals surface area contributed by atoms with Gasteiger partial charge in [-0.15, -0.1) is 0 Å². The van der Waals surface area contributed by atoms with Crippen molar-refractivity contribution < 1.29 is 14.6 Å². The number of rotatable bonds is 4. The zero-order valence-electron chi connectivity index (χ0n) is 11.2. The van der Waals surface area contributed by atoms with Gasteiger partial charge in [0, 0.05) is 25.8 Å². The third-order valence-corrected chi connectivity index (χ3v) is 3.21. The molecule has 0 spiro atoms. The molecule has 1 aliphatic heterocycles. The Balaban J connectivity index is 2.03. The lowest BCUT2D eigenvalue weighted by molar-refractivity contribution is -0.0117. The van der Waals surface area contributed by atoms with Gasteiger partial charge in [-0.05, 0) is 25.6 Å². The predicted molar refractivity (Wildman–Crippen MR) is 71.7 cm³/mol. The molecule has 0 aromatic carbocycles. The van der Waals surface area contributed by atoms with E-state index in [1.165, 1.54) is 0 Å². The van der Waals surface area contributed by atoms with Gasteiger partial charge < -0.3 is 20.1 Å². The third kappa shape index (κ3) is 3.42. The zero-order chi connectivity index (χ0) is 13.8. The lowest BCUT2D eigenvalue weighted by Crippen LogP contribution is -2.43. The highest BCUT2D eigenvalue weighted by atomic mass is 16.5. The number of aromatic carboxylic acids is 1. The molecule has 1 atom stereocenters. The van der Waals surface area contributed by atoms with Crippen LogP contribution >= 0.6 is 0 Å². The van der Waals surface area contributed by atoms with Crippen LogP contribution in [0.1, 0.15) is 15.9 Å². The van der Waals surface area contributed by atoms with E-state index in [0.29, 0.717) is 24.5 Å². The normalized spacial score (nSPS) is 20.2. The fourth-order valence-electron chi connectivity index (χ4n) is 2.16. The van der Waals surface area contributed by atoms with Crippen LogP contribution in [0.15, 0.2) is 12.3 Å². The molecule has 0 bridgehead atoms. The van der Waals surface area contributed by atoms with Gasteiger partial charge in [-0.2, -0.15) is 0 Å². The zero-order valence-corrected chi connectivity index (χ0v) is 11.2. The largest absolute Gasteiger partial charge is 0.478 e. The van der Waals surface area contributed by atoms with E-state index in [9.17, 15) is 9.90 Å². The maximum Gasteiger partial charge on any atom is 0.339 e. The molecule has 104 valence electrons. The molecule has 2 N–H and O–H groups in total. The van der Waals surface area contributed by atoms with Crippen molar-refractivity contribution in [3.63, 3.8) is 0 Å². The van der Waals surface area contributed by atoms with Crippen molar-refractivity contribution in [2.24, 2.45) is 0 Å². The van der Waals surface area contributed by atoms with E-state index in [4.69, 9.17) is 4.74 Å². The Morgan fingerprint density at radius 1 is 1.68 bits per heavy atom.